The summed E-state index contributed by atoms with van der Waals surface area (Å²) in [6.45, 7) is 7.07. The Morgan fingerprint density at radius 2 is 1.90 bits per heavy atom. The van der Waals surface area contributed by atoms with E-state index in [9.17, 15) is 13.2 Å². The predicted molar refractivity (Wildman–Crippen MR) is 123 cm³/mol. The van der Waals surface area contributed by atoms with Crippen LogP contribution in [0.2, 0.25) is 5.02 Å². The van der Waals surface area contributed by atoms with Gasteiger partial charge in [0.15, 0.2) is 0 Å². The van der Waals surface area contributed by atoms with E-state index in [2.05, 4.69) is 20.5 Å². The molecule has 1 aromatic carbocycles. The number of rotatable bonds is 6. The van der Waals surface area contributed by atoms with Crippen LogP contribution in [0.15, 0.2) is 28.3 Å². The predicted octanol–water partition coefficient (Wildman–Crippen LogP) is 4.05. The number of nitrogens with one attached hydrogen (secondary N) is 2. The zero-order valence-corrected chi connectivity index (χ0v) is 20.3. The van der Waals surface area contributed by atoms with Gasteiger partial charge in [0.2, 0.25) is 21.1 Å². The average Bonchev–Trinajstić information content (AvgIpc) is 3.02. The first kappa shape index (κ1) is 24.0. The lowest BCUT2D eigenvalue weighted by Crippen LogP contribution is -2.32. The van der Waals surface area contributed by atoms with E-state index in [1.807, 2.05) is 20.8 Å². The number of hydrogen-bond donors (Lipinski definition) is 2. The third-order valence-electron chi connectivity index (χ3n) is 4.92. The van der Waals surface area contributed by atoms with E-state index in [0.29, 0.717) is 18.2 Å². The van der Waals surface area contributed by atoms with Gasteiger partial charge in [0, 0.05) is 18.5 Å². The van der Waals surface area contributed by atoms with Crippen LogP contribution in [-0.2, 0) is 20.2 Å². The molecule has 2 aromatic rings. The minimum atomic E-state index is -3.63. The molecule has 2 heterocycles. The lowest BCUT2D eigenvalue weighted by Gasteiger charge is -2.20. The molecule has 31 heavy (non-hydrogen) atoms. The standard InChI is InChI=1S/C20H28ClN5O3S2/c1-20(2,3)18-23-19(25-24-18)30-13-17(27)22-16-12-14(8-9-15(16)21)31(28,29)26-10-6-4-5-7-11-26/h8-9,12H,4-7,10-11,13H2,1-3H3,(H,22,27)(H,23,24,25). The first-order chi connectivity index (χ1) is 14.6. The number of sulfonamides is 1. The average molecular weight is 486 g/mol. The summed E-state index contributed by atoms with van der Waals surface area (Å²) in [7, 11) is -3.63. The second-order valence-corrected chi connectivity index (χ2v) is 11.8. The summed E-state index contributed by atoms with van der Waals surface area (Å²) in [5.41, 5.74) is 0.106. The molecule has 8 nitrogen and oxygen atoms in total. The van der Waals surface area contributed by atoms with Gasteiger partial charge in [-0.3, -0.25) is 9.89 Å². The number of anilines is 1. The molecule has 1 fully saturated rings. The van der Waals surface area contributed by atoms with E-state index in [4.69, 9.17) is 11.6 Å². The zero-order valence-electron chi connectivity index (χ0n) is 17.9. The van der Waals surface area contributed by atoms with Crippen LogP contribution in [0.1, 0.15) is 52.3 Å². The molecule has 1 amide bonds. The second kappa shape index (κ2) is 9.89. The number of H-pyrrole nitrogens is 1. The van der Waals surface area contributed by atoms with Gasteiger partial charge >= 0.3 is 0 Å². The Balaban J connectivity index is 1.67. The third-order valence-corrected chi connectivity index (χ3v) is 7.99. The summed E-state index contributed by atoms with van der Waals surface area (Å²) < 4.78 is 27.6. The molecule has 0 bridgehead atoms. The van der Waals surface area contributed by atoms with Crippen LogP contribution in [0.5, 0.6) is 0 Å². The Kier molecular flexibility index (Phi) is 7.67. The van der Waals surface area contributed by atoms with Crippen molar-refractivity contribution in [1.29, 1.82) is 0 Å². The maximum Gasteiger partial charge on any atom is 0.243 e. The van der Waals surface area contributed by atoms with Crippen molar-refractivity contribution in [1.82, 2.24) is 19.5 Å². The van der Waals surface area contributed by atoms with E-state index in [1.165, 1.54) is 34.3 Å². The summed E-state index contributed by atoms with van der Waals surface area (Å²) in [6.07, 6.45) is 3.78. The van der Waals surface area contributed by atoms with Crippen molar-refractivity contribution in [2.45, 2.75) is 61.9 Å². The molecule has 170 valence electrons. The lowest BCUT2D eigenvalue weighted by atomic mass is 9.96. The Labute approximate surface area is 192 Å². The second-order valence-electron chi connectivity index (χ2n) is 8.51. The van der Waals surface area contributed by atoms with Gasteiger partial charge in [-0.05, 0) is 31.0 Å². The minimum Gasteiger partial charge on any atom is -0.324 e. The van der Waals surface area contributed by atoms with E-state index >= 15 is 0 Å². The Bertz CT molecular complexity index is 1030. The van der Waals surface area contributed by atoms with Crippen molar-refractivity contribution in [3.63, 3.8) is 0 Å². The van der Waals surface area contributed by atoms with Crippen LogP contribution in [0.25, 0.3) is 0 Å². The van der Waals surface area contributed by atoms with Gasteiger partial charge in [-0.1, -0.05) is 57.0 Å². The molecule has 0 atom stereocenters. The summed E-state index contributed by atoms with van der Waals surface area (Å²) in [5.74, 6) is 0.490. The molecule has 11 heteroatoms. The molecule has 0 saturated carbocycles. The van der Waals surface area contributed by atoms with Crippen LogP contribution in [0.4, 0.5) is 5.69 Å². The summed E-state index contributed by atoms with van der Waals surface area (Å²) in [5, 5.41) is 10.5. The molecule has 0 radical (unpaired) electrons. The van der Waals surface area contributed by atoms with E-state index in [-0.39, 0.29) is 32.7 Å². The van der Waals surface area contributed by atoms with Crippen molar-refractivity contribution in [2.24, 2.45) is 0 Å². The van der Waals surface area contributed by atoms with Gasteiger partial charge in [-0.15, -0.1) is 5.10 Å². The summed E-state index contributed by atoms with van der Waals surface area (Å²) in [6, 6.07) is 4.41. The number of halogens is 1. The molecular weight excluding hydrogens is 458 g/mol. The van der Waals surface area contributed by atoms with Gasteiger partial charge in [-0.25, -0.2) is 13.4 Å². The number of aromatic nitrogens is 3. The fourth-order valence-corrected chi connectivity index (χ4v) is 5.46. The highest BCUT2D eigenvalue weighted by molar-refractivity contribution is 7.99. The van der Waals surface area contributed by atoms with Crippen LogP contribution >= 0.6 is 23.4 Å². The smallest absolute Gasteiger partial charge is 0.243 e. The molecule has 2 N–H and O–H groups in total. The van der Waals surface area contributed by atoms with Gasteiger partial charge in [0.05, 0.1) is 21.4 Å². The zero-order chi connectivity index (χ0) is 22.6. The first-order valence-corrected chi connectivity index (χ1v) is 13.0. The highest BCUT2D eigenvalue weighted by atomic mass is 35.5. The number of benzene rings is 1. The Morgan fingerprint density at radius 3 is 2.52 bits per heavy atom. The molecule has 0 unspecified atom stereocenters. The number of hydrogen-bond acceptors (Lipinski definition) is 6. The topological polar surface area (TPSA) is 108 Å². The number of aromatic amines is 1. The SMILES string of the molecule is CC(C)(C)c1nc(SCC(=O)Nc2cc(S(=O)(=O)N3CCCCCC3)ccc2Cl)n[nH]1. The van der Waals surface area contributed by atoms with Crippen molar-refractivity contribution >= 4 is 45.0 Å². The van der Waals surface area contributed by atoms with Crippen molar-refractivity contribution in [2.75, 3.05) is 24.2 Å². The van der Waals surface area contributed by atoms with Gasteiger partial charge in [0.1, 0.15) is 5.82 Å². The van der Waals surface area contributed by atoms with Gasteiger partial charge < -0.3 is 5.32 Å². The maximum atomic E-state index is 13.0. The van der Waals surface area contributed by atoms with Gasteiger partial charge in [-0.2, -0.15) is 4.31 Å². The van der Waals surface area contributed by atoms with Crippen molar-refractivity contribution < 1.29 is 13.2 Å². The van der Waals surface area contributed by atoms with Crippen LogP contribution in [0, 0.1) is 0 Å². The molecule has 1 saturated heterocycles. The van der Waals surface area contributed by atoms with E-state index in [1.54, 1.807) is 0 Å². The number of carbonyl (C=O) groups excluding carboxylic acids is 1. The largest absolute Gasteiger partial charge is 0.324 e. The van der Waals surface area contributed by atoms with Gasteiger partial charge in [0.25, 0.3) is 0 Å². The monoisotopic (exact) mass is 485 g/mol. The van der Waals surface area contributed by atoms with Crippen LogP contribution < -0.4 is 5.32 Å². The highest BCUT2D eigenvalue weighted by Crippen LogP contribution is 2.28. The summed E-state index contributed by atoms with van der Waals surface area (Å²) in [4.78, 5) is 17.0. The minimum absolute atomic E-state index is 0.0703. The number of carbonyl (C=O) groups is 1. The molecule has 0 spiro atoms. The first-order valence-electron chi connectivity index (χ1n) is 10.2. The number of amides is 1. The molecule has 1 aliphatic heterocycles. The molecule has 1 aromatic heterocycles. The van der Waals surface area contributed by atoms with Crippen molar-refractivity contribution in [3.8, 4) is 0 Å². The normalized spacial score (nSPS) is 16.1. The van der Waals surface area contributed by atoms with Crippen LogP contribution in [0.3, 0.4) is 0 Å². The van der Waals surface area contributed by atoms with E-state index in [0.717, 1.165) is 31.5 Å². The third kappa shape index (κ3) is 6.21. The fourth-order valence-electron chi connectivity index (χ4n) is 3.15. The fraction of sp³-hybridized carbons (Fsp3) is 0.550. The summed E-state index contributed by atoms with van der Waals surface area (Å²) >= 11 is 7.40. The lowest BCUT2D eigenvalue weighted by molar-refractivity contribution is -0.113. The Hall–Kier alpha value is -1.62. The highest BCUT2D eigenvalue weighted by Gasteiger charge is 2.26. The Morgan fingerprint density at radius 1 is 1.23 bits per heavy atom. The van der Waals surface area contributed by atoms with Crippen LogP contribution in [-0.4, -0.2) is 52.7 Å². The van der Waals surface area contributed by atoms with E-state index < -0.39 is 10.0 Å². The molecule has 1 aliphatic rings. The molecule has 0 aliphatic carbocycles. The maximum absolute atomic E-state index is 13.0. The number of thioether (sulfide) groups is 1. The molecular formula is C20H28ClN5O3S2. The number of nitrogens with zero attached hydrogens (tertiary/aromatic N) is 3. The van der Waals surface area contributed by atoms with Crippen molar-refractivity contribution in [3.05, 3.63) is 29.0 Å². The quantitative estimate of drug-likeness (QED) is 0.597. The molecule has 3 rings (SSSR count).